The van der Waals surface area contributed by atoms with Crippen molar-refractivity contribution in [1.82, 2.24) is 4.40 Å². The van der Waals surface area contributed by atoms with Gasteiger partial charge in [-0.3, -0.25) is 9.20 Å². The van der Waals surface area contributed by atoms with Crippen LogP contribution in [0, 0.1) is 12.3 Å². The second-order valence-corrected chi connectivity index (χ2v) is 10.2. The van der Waals surface area contributed by atoms with Gasteiger partial charge in [0.05, 0.1) is 16.6 Å². The number of hydrogen-bond acceptors (Lipinski definition) is 1. The van der Waals surface area contributed by atoms with Crippen LogP contribution < -0.4 is 5.56 Å². The molecule has 0 unspecified atom stereocenters. The number of fused-ring (bicyclic) bond motifs is 3. The normalized spacial score (nSPS) is 11.8. The van der Waals surface area contributed by atoms with Gasteiger partial charge in [0, 0.05) is 21.7 Å². The molecule has 0 bridgehead atoms. The maximum absolute atomic E-state index is 14.1. The van der Waals surface area contributed by atoms with Crippen molar-refractivity contribution in [2.24, 2.45) is 0 Å². The standard InChI is InChI=1S/C38H25NO/c1-3-31-32(21-25(2)26-13-7-4-8-14-26)34-23-30(28-17-11-6-12-18-28)24-35-33-22-29(27-15-9-5-10-16-27)19-20-36(33)39(37(34)35)38(31)40/h1,4-24H,2H3/b25-21+. The number of terminal acetylenes is 1. The van der Waals surface area contributed by atoms with Crippen molar-refractivity contribution in [3.8, 4) is 34.6 Å². The third-order valence-corrected chi connectivity index (χ3v) is 7.79. The second-order valence-electron chi connectivity index (χ2n) is 10.2. The summed E-state index contributed by atoms with van der Waals surface area (Å²) in [6.07, 6.45) is 8.15. The van der Waals surface area contributed by atoms with Crippen molar-refractivity contribution in [2.45, 2.75) is 6.92 Å². The van der Waals surface area contributed by atoms with E-state index in [1.807, 2.05) is 52.9 Å². The first-order chi connectivity index (χ1) is 19.6. The predicted octanol–water partition coefficient (Wildman–Crippen LogP) is 8.92. The largest absolute Gasteiger partial charge is 0.275 e. The molecule has 0 aliphatic carbocycles. The van der Waals surface area contributed by atoms with Gasteiger partial charge in [0.15, 0.2) is 0 Å². The zero-order chi connectivity index (χ0) is 27.2. The Kier molecular flexibility index (Phi) is 5.58. The smallest absolute Gasteiger partial charge is 0.272 e. The summed E-state index contributed by atoms with van der Waals surface area (Å²) in [5.41, 5.74) is 9.34. The number of hydrogen-bond donors (Lipinski definition) is 0. The summed E-state index contributed by atoms with van der Waals surface area (Å²) in [6.45, 7) is 2.06. The Bertz CT molecular complexity index is 2160. The lowest BCUT2D eigenvalue weighted by atomic mass is 9.94. The van der Waals surface area contributed by atoms with E-state index in [0.29, 0.717) is 5.56 Å². The van der Waals surface area contributed by atoms with Gasteiger partial charge in [0.1, 0.15) is 0 Å². The average molecular weight is 512 g/mol. The van der Waals surface area contributed by atoms with Crippen molar-refractivity contribution < 1.29 is 0 Å². The molecule has 0 fully saturated rings. The molecule has 0 atom stereocenters. The lowest BCUT2D eigenvalue weighted by Crippen LogP contribution is -2.17. The van der Waals surface area contributed by atoms with Crippen LogP contribution in [0.15, 0.2) is 126 Å². The van der Waals surface area contributed by atoms with Crippen molar-refractivity contribution in [2.75, 3.05) is 0 Å². The average Bonchev–Trinajstić information content (AvgIpc) is 3.35. The summed E-state index contributed by atoms with van der Waals surface area (Å²) < 4.78 is 1.81. The highest BCUT2D eigenvalue weighted by Crippen LogP contribution is 2.39. The molecule has 0 saturated heterocycles. The zero-order valence-corrected chi connectivity index (χ0v) is 22.1. The summed E-state index contributed by atoms with van der Waals surface area (Å²) >= 11 is 0. The molecule has 0 saturated carbocycles. The van der Waals surface area contributed by atoms with Gasteiger partial charge in [-0.2, -0.15) is 0 Å². The summed E-state index contributed by atoms with van der Waals surface area (Å²) in [4.78, 5) is 14.1. The minimum atomic E-state index is -0.165. The fraction of sp³-hybridized carbons (Fsp3) is 0.0263. The molecular formula is C38H25NO. The van der Waals surface area contributed by atoms with E-state index in [9.17, 15) is 4.79 Å². The van der Waals surface area contributed by atoms with E-state index in [0.717, 1.165) is 66.1 Å². The highest BCUT2D eigenvalue weighted by molar-refractivity contribution is 6.18. The van der Waals surface area contributed by atoms with Crippen LogP contribution in [0.3, 0.4) is 0 Å². The third kappa shape index (κ3) is 3.72. The first-order valence-electron chi connectivity index (χ1n) is 13.4. The molecule has 188 valence electrons. The lowest BCUT2D eigenvalue weighted by molar-refractivity contribution is 1.17. The molecule has 7 rings (SSSR count). The van der Waals surface area contributed by atoms with Gasteiger partial charge >= 0.3 is 0 Å². The molecule has 7 aromatic rings. The number of pyridine rings is 1. The maximum atomic E-state index is 14.1. The van der Waals surface area contributed by atoms with E-state index in [-0.39, 0.29) is 5.56 Å². The summed E-state index contributed by atoms with van der Waals surface area (Å²) in [6, 6.07) is 41.6. The Balaban J connectivity index is 1.64. The van der Waals surface area contributed by atoms with Gasteiger partial charge in [-0.05, 0) is 70.7 Å². The number of aromatic nitrogens is 1. The highest BCUT2D eigenvalue weighted by atomic mass is 16.1. The summed E-state index contributed by atoms with van der Waals surface area (Å²) in [7, 11) is 0. The third-order valence-electron chi connectivity index (χ3n) is 7.79. The van der Waals surface area contributed by atoms with Crippen LogP contribution in [-0.2, 0) is 0 Å². The van der Waals surface area contributed by atoms with Crippen LogP contribution in [0.25, 0.3) is 61.1 Å². The van der Waals surface area contributed by atoms with Gasteiger partial charge in [-0.25, -0.2) is 0 Å². The topological polar surface area (TPSA) is 21.5 Å². The number of benzene rings is 5. The quantitative estimate of drug-likeness (QED) is 0.216. The molecule has 5 aromatic carbocycles. The molecule has 2 nitrogen and oxygen atoms in total. The molecule has 0 aliphatic rings. The minimum Gasteiger partial charge on any atom is -0.275 e. The van der Waals surface area contributed by atoms with E-state index in [1.165, 1.54) is 0 Å². The molecule has 0 N–H and O–H groups in total. The molecule has 2 aromatic heterocycles. The molecule has 40 heavy (non-hydrogen) atoms. The minimum absolute atomic E-state index is 0.165. The first-order valence-corrected chi connectivity index (χ1v) is 13.4. The Morgan fingerprint density at radius 2 is 1.25 bits per heavy atom. The Labute approximate surface area is 232 Å². The van der Waals surface area contributed by atoms with Gasteiger partial charge in [-0.1, -0.05) is 103 Å². The van der Waals surface area contributed by atoms with E-state index < -0.39 is 0 Å². The van der Waals surface area contributed by atoms with Crippen molar-refractivity contribution >= 4 is 38.8 Å². The Morgan fingerprint density at radius 1 is 0.675 bits per heavy atom. The highest BCUT2D eigenvalue weighted by Gasteiger charge is 2.21. The van der Waals surface area contributed by atoms with Gasteiger partial charge < -0.3 is 0 Å². The lowest BCUT2D eigenvalue weighted by Gasteiger charge is -2.12. The zero-order valence-electron chi connectivity index (χ0n) is 22.1. The van der Waals surface area contributed by atoms with Gasteiger partial charge in [0.25, 0.3) is 5.56 Å². The van der Waals surface area contributed by atoms with Crippen LogP contribution in [0.2, 0.25) is 0 Å². The number of nitrogens with zero attached hydrogens (tertiary/aromatic N) is 1. The van der Waals surface area contributed by atoms with Crippen LogP contribution in [0.4, 0.5) is 0 Å². The van der Waals surface area contributed by atoms with Crippen molar-refractivity contribution in [1.29, 1.82) is 0 Å². The predicted molar refractivity (Wildman–Crippen MR) is 169 cm³/mol. The molecule has 0 radical (unpaired) electrons. The van der Waals surface area contributed by atoms with Gasteiger partial charge in [-0.15, -0.1) is 6.42 Å². The SMILES string of the molecule is C#Cc1c(/C=C(\C)c2ccccc2)c2cc(-c3ccccc3)cc3c4cc(-c5ccccc5)ccc4n(c1=O)c23. The Morgan fingerprint density at radius 3 is 1.90 bits per heavy atom. The maximum Gasteiger partial charge on any atom is 0.272 e. The van der Waals surface area contributed by atoms with Crippen LogP contribution in [0.1, 0.15) is 23.6 Å². The molecular weight excluding hydrogens is 486 g/mol. The molecule has 2 heterocycles. The summed E-state index contributed by atoms with van der Waals surface area (Å²) in [5.74, 6) is 2.76. The van der Waals surface area contributed by atoms with E-state index in [2.05, 4.69) is 91.7 Å². The number of allylic oxidation sites excluding steroid dienone is 1. The van der Waals surface area contributed by atoms with E-state index in [1.54, 1.807) is 0 Å². The van der Waals surface area contributed by atoms with Crippen LogP contribution in [-0.4, -0.2) is 4.40 Å². The number of rotatable bonds is 4. The molecule has 2 heteroatoms. The molecule has 0 amide bonds. The van der Waals surface area contributed by atoms with Crippen LogP contribution >= 0.6 is 0 Å². The van der Waals surface area contributed by atoms with E-state index in [4.69, 9.17) is 6.42 Å². The monoisotopic (exact) mass is 511 g/mol. The molecule has 0 aliphatic heterocycles. The second kappa shape index (κ2) is 9.42. The fourth-order valence-electron chi connectivity index (χ4n) is 5.82. The van der Waals surface area contributed by atoms with Crippen molar-refractivity contribution in [3.05, 3.63) is 148 Å². The van der Waals surface area contributed by atoms with Gasteiger partial charge in [0.2, 0.25) is 0 Å². The summed E-state index contributed by atoms with van der Waals surface area (Å²) in [5, 5.41) is 3.04. The van der Waals surface area contributed by atoms with E-state index >= 15 is 0 Å². The Hall–Kier alpha value is -5.39. The first kappa shape index (κ1) is 23.7. The molecule has 0 spiro atoms. The van der Waals surface area contributed by atoms with Crippen LogP contribution in [0.5, 0.6) is 0 Å². The fourth-order valence-corrected chi connectivity index (χ4v) is 5.82. The van der Waals surface area contributed by atoms with Crippen molar-refractivity contribution in [3.63, 3.8) is 0 Å².